The first-order valence-electron chi connectivity index (χ1n) is 41.6. The average molecular weight is 1750 g/mol. The molecule has 12 amide bonds. The summed E-state index contributed by atoms with van der Waals surface area (Å²) in [7, 11) is 6.81. The number of nitrogens with one attached hydrogen (secondary N) is 9. The monoisotopic (exact) mass is 1750 g/mol. The molecule has 1 aromatic carbocycles. The standard InChI is InChI=1S/C82H135N13O26S/c1-13-57(4)75(92-81(110)82(7,8)93(9)10)80(109)94(11)65(56(2)3)51-67(121-59(6)97)79-91-64(55-122-79)78(108)88-61(48-58(5)76(106)85-27-29-96)49-60-21-22-66(98)63(50-60)90-71(102)53-87-70(101)52-86-68(99)19-16-26-84-77(107)62(89-69(100)20-17-28-95-73(104)23-24-74(95)105)18-14-15-25-83-72(103)54-120-47-46-119-45-44-118-43-42-117-41-40-116-39-38-115-37-36-114-35-34-113-33-32-112-31-30-111-12/h21-24,50,55-58,61-62,65,67,75,96,98H,13-20,25-49,51-54H2,1-12H3,(H,83,103)(H,84,107)(H,85,106)(H,86,99)(H,87,101)(H,88,108)(H,89,100)(H,90,102)(H,92,110)/t57-,58-,61+,62-,65+,67+,75-/m0/s1. The Kier molecular flexibility index (Phi) is 54.9. The van der Waals surface area contributed by atoms with E-state index in [1.807, 2.05) is 27.7 Å². The van der Waals surface area contributed by atoms with E-state index in [2.05, 4.69) is 52.8 Å². The van der Waals surface area contributed by atoms with Crippen LogP contribution >= 0.6 is 11.3 Å². The smallest absolute Gasteiger partial charge is 0.303 e. The Morgan fingerprint density at radius 2 is 1.13 bits per heavy atom. The highest BCUT2D eigenvalue weighted by atomic mass is 32.1. The van der Waals surface area contributed by atoms with Gasteiger partial charge in [-0.05, 0) is 102 Å². The van der Waals surface area contributed by atoms with Gasteiger partial charge in [0.15, 0.2) is 6.10 Å². The van der Waals surface area contributed by atoms with Crippen LogP contribution in [0.25, 0.3) is 0 Å². The normalized spacial score (nSPS) is 13.8. The quantitative estimate of drug-likeness (QED) is 0.0190. The van der Waals surface area contributed by atoms with Crippen molar-refractivity contribution in [1.29, 1.82) is 0 Å². The molecule has 1 aliphatic heterocycles. The van der Waals surface area contributed by atoms with E-state index in [-0.39, 0.29) is 156 Å². The lowest BCUT2D eigenvalue weighted by Crippen LogP contribution is -2.60. The summed E-state index contributed by atoms with van der Waals surface area (Å²) in [5.74, 6) is -8.33. The van der Waals surface area contributed by atoms with E-state index in [0.29, 0.717) is 131 Å². The number of amides is 12. The van der Waals surface area contributed by atoms with Gasteiger partial charge < -0.3 is 115 Å². The summed E-state index contributed by atoms with van der Waals surface area (Å²) in [5, 5.41) is 46.2. The fourth-order valence-electron chi connectivity index (χ4n) is 11.7. The molecule has 40 heteroatoms. The molecule has 7 atom stereocenters. The van der Waals surface area contributed by atoms with E-state index < -0.39 is 114 Å². The molecule has 0 bridgehead atoms. The predicted molar refractivity (Wildman–Crippen MR) is 449 cm³/mol. The summed E-state index contributed by atoms with van der Waals surface area (Å²) >= 11 is 1.06. The van der Waals surface area contributed by atoms with Crippen LogP contribution in [0.15, 0.2) is 35.7 Å². The number of hydrogen-bond acceptors (Lipinski definition) is 29. The topological polar surface area (TPSA) is 495 Å². The predicted octanol–water partition coefficient (Wildman–Crippen LogP) is 1.01. The Morgan fingerprint density at radius 3 is 1.67 bits per heavy atom. The van der Waals surface area contributed by atoms with Crippen molar-refractivity contribution in [3.05, 3.63) is 52.0 Å². The number of unbranched alkanes of at least 4 members (excludes halogenated alkanes) is 1. The lowest BCUT2D eigenvalue weighted by Gasteiger charge is -2.38. The number of methoxy groups -OCH3 is 1. The Bertz CT molecular complexity index is 3520. The second kappa shape index (κ2) is 62.3. The molecular weight excluding hydrogens is 1620 g/mol. The Balaban J connectivity index is 1.45. The molecule has 39 nitrogen and oxygen atoms in total. The Labute approximate surface area is 719 Å². The highest BCUT2D eigenvalue weighted by Gasteiger charge is 2.39. The minimum atomic E-state index is -1.03. The molecule has 0 saturated heterocycles. The highest BCUT2D eigenvalue weighted by Crippen LogP contribution is 2.32. The number of esters is 1. The van der Waals surface area contributed by atoms with Crippen molar-refractivity contribution in [1.82, 2.24) is 62.2 Å². The van der Waals surface area contributed by atoms with E-state index in [0.717, 1.165) is 28.4 Å². The number of rotatable bonds is 70. The number of aliphatic hydroxyl groups excluding tert-OH is 1. The average Bonchev–Trinajstić information content (AvgIpc) is 1.27. The maximum absolute atomic E-state index is 14.4. The molecule has 1 aromatic heterocycles. The third-order valence-corrected chi connectivity index (χ3v) is 20.4. The minimum absolute atomic E-state index is 0.00604. The van der Waals surface area contributed by atoms with Crippen LogP contribution in [-0.2, 0) is 116 Å². The molecule has 0 saturated carbocycles. The molecule has 0 aliphatic carbocycles. The van der Waals surface area contributed by atoms with Gasteiger partial charge in [-0.2, -0.15) is 0 Å². The number of phenols is 1. The van der Waals surface area contributed by atoms with Crippen molar-refractivity contribution < 1.29 is 125 Å². The molecule has 0 unspecified atom stereocenters. The Morgan fingerprint density at radius 1 is 0.598 bits per heavy atom. The first kappa shape index (κ1) is 107. The van der Waals surface area contributed by atoms with Gasteiger partial charge in [0.25, 0.3) is 17.7 Å². The number of imide groups is 1. The van der Waals surface area contributed by atoms with Gasteiger partial charge in [-0.1, -0.05) is 47.1 Å². The number of aromatic hydroxyl groups is 1. The summed E-state index contributed by atoms with van der Waals surface area (Å²) in [6.45, 7) is 20.0. The molecular formula is C82H135N13O26S. The zero-order valence-electron chi connectivity index (χ0n) is 73.1. The van der Waals surface area contributed by atoms with E-state index >= 15 is 0 Å². The maximum Gasteiger partial charge on any atom is 0.303 e. The van der Waals surface area contributed by atoms with Gasteiger partial charge in [0, 0.05) is 102 Å². The third-order valence-electron chi connectivity index (χ3n) is 19.5. The van der Waals surface area contributed by atoms with Gasteiger partial charge in [-0.3, -0.25) is 72.1 Å². The molecule has 0 spiro atoms. The number of carbonyl (C=O) groups is 13. The van der Waals surface area contributed by atoms with Gasteiger partial charge in [0.2, 0.25) is 53.2 Å². The van der Waals surface area contributed by atoms with Crippen molar-refractivity contribution in [2.75, 3.05) is 205 Å². The largest absolute Gasteiger partial charge is 0.506 e. The van der Waals surface area contributed by atoms with E-state index in [4.69, 9.17) is 52.1 Å². The maximum atomic E-state index is 14.4. The molecule has 690 valence electrons. The lowest BCUT2D eigenvalue weighted by molar-refractivity contribution is -0.149. The molecule has 122 heavy (non-hydrogen) atoms. The second-order valence-electron chi connectivity index (χ2n) is 30.0. The fourth-order valence-corrected chi connectivity index (χ4v) is 12.6. The molecule has 2 aromatic rings. The summed E-state index contributed by atoms with van der Waals surface area (Å²) in [5.41, 5.74) is -0.556. The number of nitrogens with zero attached hydrogens (tertiary/aromatic N) is 4. The summed E-state index contributed by atoms with van der Waals surface area (Å²) in [6, 6.07) is 1.05. The number of aliphatic hydroxyl groups is 1. The number of thiazole rings is 1. The molecule has 0 fully saturated rings. The minimum Gasteiger partial charge on any atom is -0.506 e. The van der Waals surface area contributed by atoms with Gasteiger partial charge >= 0.3 is 5.97 Å². The van der Waals surface area contributed by atoms with Crippen LogP contribution < -0.4 is 47.9 Å². The third kappa shape index (κ3) is 45.0. The second-order valence-corrected chi connectivity index (χ2v) is 30.9. The number of aromatic nitrogens is 1. The van der Waals surface area contributed by atoms with Crippen molar-refractivity contribution in [3.63, 3.8) is 0 Å². The molecule has 11 N–H and O–H groups in total. The van der Waals surface area contributed by atoms with Gasteiger partial charge in [0.05, 0.1) is 150 Å². The van der Waals surface area contributed by atoms with Crippen LogP contribution in [0.2, 0.25) is 0 Å². The summed E-state index contributed by atoms with van der Waals surface area (Å²) in [4.78, 5) is 179. The van der Waals surface area contributed by atoms with Gasteiger partial charge in [-0.15, -0.1) is 11.3 Å². The molecule has 0 radical (unpaired) electrons. The lowest BCUT2D eigenvalue weighted by atomic mass is 9.92. The van der Waals surface area contributed by atoms with Crippen LogP contribution in [0, 0.1) is 17.8 Å². The molecule has 3 rings (SSSR count). The van der Waals surface area contributed by atoms with E-state index in [1.54, 1.807) is 64.9 Å². The van der Waals surface area contributed by atoms with Crippen LogP contribution in [0.4, 0.5) is 5.69 Å². The van der Waals surface area contributed by atoms with Gasteiger partial charge in [-0.25, -0.2) is 4.98 Å². The number of ether oxygens (including phenoxy) is 11. The van der Waals surface area contributed by atoms with Crippen LogP contribution in [0.5, 0.6) is 5.75 Å². The van der Waals surface area contributed by atoms with Crippen LogP contribution in [-0.4, -0.2) is 336 Å². The first-order valence-corrected chi connectivity index (χ1v) is 42.5. The number of carbonyl (C=O) groups excluding carboxylic acids is 13. The summed E-state index contributed by atoms with van der Waals surface area (Å²) in [6.07, 6.45) is 3.02. The number of anilines is 1. The number of hydrogen-bond donors (Lipinski definition) is 11. The van der Waals surface area contributed by atoms with Crippen LogP contribution in [0.1, 0.15) is 147 Å². The highest BCUT2D eigenvalue weighted by molar-refractivity contribution is 7.09. The van der Waals surface area contributed by atoms with Gasteiger partial charge in [0.1, 0.15) is 35.1 Å². The fraction of sp³-hybridized carbons (Fsp3) is 0.707. The molecule has 2 heterocycles. The number of benzene rings is 1. The van der Waals surface area contributed by atoms with Crippen molar-refractivity contribution >= 4 is 93.9 Å². The zero-order chi connectivity index (χ0) is 90.2. The zero-order valence-corrected chi connectivity index (χ0v) is 74.0. The van der Waals surface area contributed by atoms with Crippen molar-refractivity contribution in [2.24, 2.45) is 17.8 Å². The van der Waals surface area contributed by atoms with E-state index in [1.165, 1.54) is 24.4 Å². The first-order chi connectivity index (χ1) is 58.3. The number of likely N-dealkylation sites (N-methyl/N-ethyl adjacent to an activating group) is 2. The number of phenolic OH excluding ortho intramolecular Hbond substituents is 1. The SMILES string of the molecule is CC[C@H](C)[C@H](NC(=O)C(C)(C)N(C)C)C(=O)N(C)[C@H](C[C@@H](OC(C)=O)c1nc(C(=O)N[C@@H](Cc2ccc(O)c(NC(=O)CNC(=O)CNC(=O)CCCNC(=O)[C@H](CCCCNC(=O)COCCOCCOCCOCCOCCOCCOCCOCCOCCOC)NC(=O)CCCN3C(=O)C=CC3=O)c2)C[C@H](C)C(=O)NCCO)cs1)C(C)C. The van der Waals surface area contributed by atoms with Crippen molar-refractivity contribution in [2.45, 2.75) is 162 Å². The van der Waals surface area contributed by atoms with Crippen LogP contribution in [0.3, 0.4) is 0 Å². The summed E-state index contributed by atoms with van der Waals surface area (Å²) < 4.78 is 59.9. The Hall–Kier alpha value is -8.78. The van der Waals surface area contributed by atoms with Crippen molar-refractivity contribution in [3.8, 4) is 5.75 Å². The van der Waals surface area contributed by atoms with E-state index in [9.17, 15) is 72.5 Å². The molecule has 1 aliphatic rings.